The number of hydrogen-bond donors (Lipinski definition) is 1. The molecule has 1 unspecified atom stereocenters. The molecular formula is C16H25N3S. The minimum Gasteiger partial charge on any atom is -0.359 e. The van der Waals surface area contributed by atoms with Crippen LogP contribution in [0.3, 0.4) is 0 Å². The number of thioether (sulfide) groups is 1. The number of hydrogen-bond acceptors (Lipinski definition) is 4. The van der Waals surface area contributed by atoms with Crippen LogP contribution in [0.2, 0.25) is 0 Å². The normalized spacial score (nSPS) is 19.0. The zero-order valence-corrected chi connectivity index (χ0v) is 13.8. The minimum atomic E-state index is 0.374. The Bertz CT molecular complexity index is 477. The number of pyridine rings is 1. The highest BCUT2D eigenvalue weighted by Gasteiger charge is 2.24. The first-order chi connectivity index (χ1) is 9.48. The molecule has 1 aromatic rings. The summed E-state index contributed by atoms with van der Waals surface area (Å²) in [5, 5.41) is 5.13. The molecule has 0 fully saturated rings. The van der Waals surface area contributed by atoms with E-state index in [1.54, 1.807) is 0 Å². The van der Waals surface area contributed by atoms with Crippen molar-refractivity contribution in [1.82, 2.24) is 10.3 Å². The summed E-state index contributed by atoms with van der Waals surface area (Å²) in [4.78, 5) is 9.07. The summed E-state index contributed by atoms with van der Waals surface area (Å²) in [5.74, 6) is 0. The number of aryl methyl sites for hydroxylation is 1. The zero-order valence-electron chi connectivity index (χ0n) is 12.9. The maximum absolute atomic E-state index is 4.61. The Morgan fingerprint density at radius 3 is 2.90 bits per heavy atom. The van der Waals surface area contributed by atoms with Crippen molar-refractivity contribution in [1.29, 1.82) is 0 Å². The lowest BCUT2D eigenvalue weighted by molar-refractivity contribution is 0.375. The monoisotopic (exact) mass is 291 g/mol. The summed E-state index contributed by atoms with van der Waals surface area (Å²) in [6, 6.07) is 4.15. The van der Waals surface area contributed by atoms with Crippen LogP contribution in [0.4, 0.5) is 0 Å². The fourth-order valence-electron chi connectivity index (χ4n) is 2.42. The van der Waals surface area contributed by atoms with Crippen molar-refractivity contribution in [2.24, 2.45) is 10.4 Å². The predicted molar refractivity (Wildman–Crippen MR) is 88.2 cm³/mol. The summed E-state index contributed by atoms with van der Waals surface area (Å²) in [5.41, 5.74) is 2.83. The van der Waals surface area contributed by atoms with Gasteiger partial charge in [0.25, 0.3) is 0 Å². The van der Waals surface area contributed by atoms with Gasteiger partial charge in [-0.1, -0.05) is 45.5 Å². The van der Waals surface area contributed by atoms with Gasteiger partial charge in [0.2, 0.25) is 0 Å². The lowest BCUT2D eigenvalue weighted by Crippen LogP contribution is -2.21. The number of nitrogens with zero attached hydrogens (tertiary/aromatic N) is 2. The van der Waals surface area contributed by atoms with Crippen LogP contribution in [0.5, 0.6) is 0 Å². The number of rotatable bonds is 4. The van der Waals surface area contributed by atoms with Crippen molar-refractivity contribution in [2.45, 2.75) is 52.3 Å². The van der Waals surface area contributed by atoms with E-state index >= 15 is 0 Å². The van der Waals surface area contributed by atoms with E-state index < -0.39 is 0 Å². The van der Waals surface area contributed by atoms with Gasteiger partial charge in [-0.05, 0) is 29.9 Å². The highest BCUT2D eigenvalue weighted by molar-refractivity contribution is 8.14. The van der Waals surface area contributed by atoms with Crippen molar-refractivity contribution < 1.29 is 0 Å². The highest BCUT2D eigenvalue weighted by atomic mass is 32.2. The van der Waals surface area contributed by atoms with Gasteiger partial charge in [-0.25, -0.2) is 0 Å². The molecule has 0 aliphatic carbocycles. The van der Waals surface area contributed by atoms with Crippen molar-refractivity contribution in [2.75, 3.05) is 6.54 Å². The summed E-state index contributed by atoms with van der Waals surface area (Å²) in [6.45, 7) is 10.8. The molecule has 0 amide bonds. The smallest absolute Gasteiger partial charge is 0.157 e. The third-order valence-electron chi connectivity index (χ3n) is 3.33. The second-order valence-electron chi connectivity index (χ2n) is 6.47. The fraction of sp³-hybridized carbons (Fsp3) is 0.625. The van der Waals surface area contributed by atoms with Gasteiger partial charge >= 0.3 is 0 Å². The predicted octanol–water partition coefficient (Wildman–Crippen LogP) is 3.64. The maximum Gasteiger partial charge on any atom is 0.157 e. The molecule has 20 heavy (non-hydrogen) atoms. The van der Waals surface area contributed by atoms with Crippen LogP contribution in [-0.2, 0) is 13.0 Å². The molecule has 2 heterocycles. The van der Waals surface area contributed by atoms with E-state index in [4.69, 9.17) is 0 Å². The number of amidine groups is 1. The van der Waals surface area contributed by atoms with E-state index in [1.165, 1.54) is 12.0 Å². The van der Waals surface area contributed by atoms with Crippen molar-refractivity contribution >= 4 is 16.9 Å². The highest BCUT2D eigenvalue weighted by Crippen LogP contribution is 2.31. The lowest BCUT2D eigenvalue weighted by atomic mass is 9.90. The van der Waals surface area contributed by atoms with E-state index in [0.29, 0.717) is 10.7 Å². The molecule has 1 aliphatic rings. The summed E-state index contributed by atoms with van der Waals surface area (Å²) >= 11 is 1.88. The molecule has 4 heteroatoms. The van der Waals surface area contributed by atoms with Gasteiger partial charge in [-0.15, -0.1) is 0 Å². The maximum atomic E-state index is 4.61. The number of aromatic nitrogens is 1. The molecule has 0 spiro atoms. The summed E-state index contributed by atoms with van der Waals surface area (Å²) in [6.07, 6.45) is 4.09. The molecule has 2 rings (SSSR count). The molecule has 0 bridgehead atoms. The van der Waals surface area contributed by atoms with Crippen molar-refractivity contribution in [3.05, 3.63) is 29.6 Å². The first-order valence-electron chi connectivity index (χ1n) is 7.35. The van der Waals surface area contributed by atoms with Crippen LogP contribution in [0.1, 0.15) is 45.4 Å². The van der Waals surface area contributed by atoms with Gasteiger partial charge in [-0.2, -0.15) is 0 Å². The molecular weight excluding hydrogens is 266 g/mol. The first-order valence-corrected chi connectivity index (χ1v) is 8.23. The Balaban J connectivity index is 1.84. The van der Waals surface area contributed by atoms with E-state index in [9.17, 15) is 0 Å². The third kappa shape index (κ3) is 4.51. The van der Waals surface area contributed by atoms with E-state index in [1.807, 2.05) is 24.0 Å². The molecule has 0 aromatic carbocycles. The third-order valence-corrected chi connectivity index (χ3v) is 4.48. The van der Waals surface area contributed by atoms with Crippen LogP contribution < -0.4 is 5.32 Å². The van der Waals surface area contributed by atoms with Gasteiger partial charge < -0.3 is 5.32 Å². The average molecular weight is 291 g/mol. The molecule has 0 radical (unpaired) electrons. The second kappa shape index (κ2) is 6.61. The Morgan fingerprint density at radius 1 is 1.40 bits per heavy atom. The molecule has 110 valence electrons. The largest absolute Gasteiger partial charge is 0.359 e. The summed E-state index contributed by atoms with van der Waals surface area (Å²) in [7, 11) is 0. The van der Waals surface area contributed by atoms with Crippen LogP contribution in [0.15, 0.2) is 23.3 Å². The lowest BCUT2D eigenvalue weighted by Gasteiger charge is -2.21. The number of aliphatic imine (C=N–C) groups is 1. The second-order valence-corrected chi connectivity index (χ2v) is 7.76. The van der Waals surface area contributed by atoms with Crippen LogP contribution in [0.25, 0.3) is 0 Å². The van der Waals surface area contributed by atoms with Crippen LogP contribution in [-0.4, -0.2) is 21.9 Å². The van der Waals surface area contributed by atoms with E-state index in [-0.39, 0.29) is 0 Å². The Labute approximate surface area is 126 Å². The Morgan fingerprint density at radius 2 is 2.20 bits per heavy atom. The van der Waals surface area contributed by atoms with Gasteiger partial charge in [0.05, 0.1) is 18.8 Å². The van der Waals surface area contributed by atoms with Crippen LogP contribution in [0, 0.1) is 5.41 Å². The molecule has 1 aromatic heterocycles. The summed E-state index contributed by atoms with van der Waals surface area (Å²) < 4.78 is 0. The fourth-order valence-corrected chi connectivity index (χ4v) is 3.77. The molecule has 0 saturated carbocycles. The number of nitrogens with one attached hydrogen (secondary N) is 1. The minimum absolute atomic E-state index is 0.374. The first kappa shape index (κ1) is 15.4. The van der Waals surface area contributed by atoms with E-state index in [2.05, 4.69) is 49.1 Å². The molecule has 1 N–H and O–H groups in total. The van der Waals surface area contributed by atoms with Gasteiger partial charge in [0.15, 0.2) is 5.17 Å². The Hall–Kier alpha value is -1.03. The quantitative estimate of drug-likeness (QED) is 0.920. The molecule has 3 nitrogen and oxygen atoms in total. The standard InChI is InChI=1S/C16H25N3S/c1-5-12-7-6-8-17-14(12)11-19-15-18-10-13(20-15)9-16(2,3)4/h6-8,13H,5,9-11H2,1-4H3,(H,18,19). The van der Waals surface area contributed by atoms with E-state index in [0.717, 1.165) is 30.4 Å². The molecule has 1 aliphatic heterocycles. The topological polar surface area (TPSA) is 37.3 Å². The van der Waals surface area contributed by atoms with Gasteiger partial charge in [-0.3, -0.25) is 9.98 Å². The Kier molecular flexibility index (Phi) is 5.08. The average Bonchev–Trinajstić information content (AvgIpc) is 2.82. The van der Waals surface area contributed by atoms with Gasteiger partial charge in [0, 0.05) is 11.4 Å². The van der Waals surface area contributed by atoms with Crippen LogP contribution >= 0.6 is 11.8 Å². The zero-order chi connectivity index (χ0) is 14.6. The SMILES string of the molecule is CCc1cccnc1CNC1=NCC(CC(C)(C)C)S1. The molecule has 0 saturated heterocycles. The molecule has 1 atom stereocenters. The van der Waals surface area contributed by atoms with Crippen molar-refractivity contribution in [3.63, 3.8) is 0 Å². The van der Waals surface area contributed by atoms with Crippen molar-refractivity contribution in [3.8, 4) is 0 Å². The van der Waals surface area contributed by atoms with Gasteiger partial charge in [0.1, 0.15) is 0 Å².